The molecule has 10 nitrogen and oxygen atoms in total. The number of aryl methyl sites for hydroxylation is 1. The number of thiazole rings is 1. The fourth-order valence-corrected chi connectivity index (χ4v) is 6.06. The first kappa shape index (κ1) is 32.2. The van der Waals surface area contributed by atoms with Gasteiger partial charge in [-0.3, -0.25) is 14.5 Å². The van der Waals surface area contributed by atoms with Gasteiger partial charge in [0.15, 0.2) is 16.6 Å². The average molecular weight is 643 g/mol. The first-order valence-corrected chi connectivity index (χ1v) is 15.5. The topological polar surface area (TPSA) is 124 Å². The van der Waals surface area contributed by atoms with Gasteiger partial charge in [-0.2, -0.15) is 0 Å². The highest BCUT2D eigenvalue weighted by Crippen LogP contribution is 2.45. The van der Waals surface area contributed by atoms with Crippen LogP contribution in [0.25, 0.3) is 5.76 Å². The number of carbonyl (C=O) groups excluding carboxylic acids is 3. The molecule has 1 fully saturated rings. The van der Waals surface area contributed by atoms with E-state index in [-0.39, 0.29) is 21.3 Å². The van der Waals surface area contributed by atoms with Gasteiger partial charge < -0.3 is 24.1 Å². The Morgan fingerprint density at radius 3 is 2.48 bits per heavy atom. The van der Waals surface area contributed by atoms with E-state index in [1.54, 1.807) is 49.4 Å². The van der Waals surface area contributed by atoms with E-state index in [1.807, 2.05) is 30.3 Å². The SMILES string of the molecule is CCCCOc1cccc(/C(O)=C2\C(=O)C(=O)N(c3nc(C)c(C(=O)OC)s3)C2c2ccc(OCc3ccccc3)c(OC)c2)c1. The normalized spacial score (nSPS) is 15.6. The van der Waals surface area contributed by atoms with Crippen LogP contribution in [-0.2, 0) is 20.9 Å². The molecule has 1 unspecified atom stereocenters. The number of hydrogen-bond acceptors (Lipinski definition) is 10. The molecule has 5 rings (SSSR count). The van der Waals surface area contributed by atoms with Crippen LogP contribution in [-0.4, -0.2) is 48.6 Å². The fraction of sp³-hybridized carbons (Fsp3) is 0.257. The molecule has 0 aliphatic carbocycles. The van der Waals surface area contributed by atoms with Crippen molar-refractivity contribution in [1.82, 2.24) is 4.98 Å². The summed E-state index contributed by atoms with van der Waals surface area (Å²) in [7, 11) is 2.74. The highest BCUT2D eigenvalue weighted by atomic mass is 32.1. The van der Waals surface area contributed by atoms with Crippen molar-refractivity contribution in [3.05, 3.63) is 106 Å². The molecule has 238 valence electrons. The van der Waals surface area contributed by atoms with E-state index in [1.165, 1.54) is 19.1 Å². The van der Waals surface area contributed by atoms with E-state index < -0.39 is 23.7 Å². The van der Waals surface area contributed by atoms with Gasteiger partial charge in [-0.15, -0.1) is 0 Å². The number of ketones is 1. The molecule has 1 aromatic heterocycles. The number of aromatic nitrogens is 1. The number of anilines is 1. The Kier molecular flexibility index (Phi) is 10.0. The zero-order valence-electron chi connectivity index (χ0n) is 25.9. The summed E-state index contributed by atoms with van der Waals surface area (Å²) < 4.78 is 22.4. The van der Waals surface area contributed by atoms with Crippen LogP contribution >= 0.6 is 11.3 Å². The summed E-state index contributed by atoms with van der Waals surface area (Å²) in [6.07, 6.45) is 1.81. The summed E-state index contributed by atoms with van der Waals surface area (Å²) in [5.41, 5.74) is 1.91. The van der Waals surface area contributed by atoms with Crippen molar-refractivity contribution in [1.29, 1.82) is 0 Å². The number of methoxy groups -OCH3 is 2. The van der Waals surface area contributed by atoms with Crippen molar-refractivity contribution < 1.29 is 38.4 Å². The molecule has 1 N–H and O–H groups in total. The van der Waals surface area contributed by atoms with Crippen LogP contribution in [0.3, 0.4) is 0 Å². The van der Waals surface area contributed by atoms with E-state index in [9.17, 15) is 19.5 Å². The Hall–Kier alpha value is -5.16. The van der Waals surface area contributed by atoms with Gasteiger partial charge in [0.05, 0.1) is 38.1 Å². The number of aliphatic hydroxyl groups is 1. The number of hydrogen-bond donors (Lipinski definition) is 1. The third kappa shape index (κ3) is 6.59. The minimum Gasteiger partial charge on any atom is -0.507 e. The summed E-state index contributed by atoms with van der Waals surface area (Å²) in [6, 6.07) is 20.3. The first-order valence-electron chi connectivity index (χ1n) is 14.7. The molecule has 0 saturated carbocycles. The number of Topliss-reactive ketones (excluding diaryl/α,β-unsaturated/α-hetero) is 1. The maximum Gasteiger partial charge on any atom is 0.350 e. The van der Waals surface area contributed by atoms with E-state index in [2.05, 4.69) is 11.9 Å². The van der Waals surface area contributed by atoms with Gasteiger partial charge in [0.1, 0.15) is 23.0 Å². The van der Waals surface area contributed by atoms with Crippen LogP contribution in [0.4, 0.5) is 5.13 Å². The number of benzene rings is 3. The van der Waals surface area contributed by atoms with E-state index >= 15 is 0 Å². The number of esters is 1. The largest absolute Gasteiger partial charge is 0.507 e. The molecule has 4 aromatic rings. The summed E-state index contributed by atoms with van der Waals surface area (Å²) in [6.45, 7) is 4.46. The number of ether oxygens (including phenoxy) is 4. The van der Waals surface area contributed by atoms with Crippen LogP contribution < -0.4 is 19.1 Å². The third-order valence-electron chi connectivity index (χ3n) is 7.42. The summed E-state index contributed by atoms with van der Waals surface area (Å²) in [5, 5.41) is 11.8. The van der Waals surface area contributed by atoms with Gasteiger partial charge in [0.25, 0.3) is 5.78 Å². The van der Waals surface area contributed by atoms with Gasteiger partial charge in [0.2, 0.25) is 0 Å². The number of nitrogens with zero attached hydrogens (tertiary/aromatic N) is 2. The van der Waals surface area contributed by atoms with Gasteiger partial charge in [-0.25, -0.2) is 9.78 Å². The molecule has 0 radical (unpaired) electrons. The van der Waals surface area contributed by atoms with Crippen LogP contribution in [0.15, 0.2) is 78.4 Å². The number of rotatable bonds is 12. The first-order chi connectivity index (χ1) is 22.3. The third-order valence-corrected chi connectivity index (χ3v) is 8.56. The molecule has 46 heavy (non-hydrogen) atoms. The van der Waals surface area contributed by atoms with Crippen molar-refractivity contribution >= 4 is 39.9 Å². The highest BCUT2D eigenvalue weighted by Gasteiger charge is 2.48. The Balaban J connectivity index is 1.62. The molecule has 1 amide bonds. The van der Waals surface area contributed by atoms with Gasteiger partial charge in [-0.1, -0.05) is 73.2 Å². The molecule has 1 atom stereocenters. The predicted octanol–water partition coefficient (Wildman–Crippen LogP) is 6.63. The molecular formula is C35H34N2O8S. The van der Waals surface area contributed by atoms with Crippen LogP contribution in [0.5, 0.6) is 17.2 Å². The van der Waals surface area contributed by atoms with Crippen molar-refractivity contribution in [2.24, 2.45) is 0 Å². The predicted molar refractivity (Wildman–Crippen MR) is 174 cm³/mol. The molecule has 1 aliphatic rings. The number of aliphatic hydroxyl groups excluding tert-OH is 1. The standard InChI is InChI=1S/C35H34N2O8S/c1-5-6-17-44-25-14-10-13-24(18-25)30(38)28-29(37(33(40)31(28)39)35-36-21(2)32(46-35)34(41)43-4)23-15-16-26(27(19-23)42-3)45-20-22-11-8-7-9-12-22/h7-16,18-19,29,38H,5-6,17,20H2,1-4H3/b30-28+. The van der Waals surface area contributed by atoms with Crippen molar-refractivity contribution in [2.45, 2.75) is 39.3 Å². The lowest BCUT2D eigenvalue weighted by Gasteiger charge is -2.24. The average Bonchev–Trinajstić information content (AvgIpc) is 3.59. The van der Waals surface area contributed by atoms with Crippen LogP contribution in [0.2, 0.25) is 0 Å². The lowest BCUT2D eigenvalue weighted by molar-refractivity contribution is -0.132. The molecule has 11 heteroatoms. The van der Waals surface area contributed by atoms with Crippen molar-refractivity contribution in [3.8, 4) is 17.2 Å². The number of unbranched alkanes of at least 4 members (excludes halogenated alkanes) is 1. The molecule has 1 aliphatic heterocycles. The Morgan fingerprint density at radius 2 is 1.76 bits per heavy atom. The quantitative estimate of drug-likeness (QED) is 0.0596. The zero-order chi connectivity index (χ0) is 32.8. The molecule has 2 heterocycles. The Labute approximate surface area is 270 Å². The highest BCUT2D eigenvalue weighted by molar-refractivity contribution is 7.17. The smallest absolute Gasteiger partial charge is 0.350 e. The Bertz CT molecular complexity index is 1780. The fourth-order valence-electron chi connectivity index (χ4n) is 5.04. The second-order valence-corrected chi connectivity index (χ2v) is 11.5. The second-order valence-electron chi connectivity index (χ2n) is 10.5. The maximum absolute atomic E-state index is 13.7. The lowest BCUT2D eigenvalue weighted by atomic mass is 9.95. The van der Waals surface area contributed by atoms with Gasteiger partial charge >= 0.3 is 11.9 Å². The summed E-state index contributed by atoms with van der Waals surface area (Å²) in [5.74, 6) is -1.49. The van der Waals surface area contributed by atoms with Crippen LogP contribution in [0.1, 0.15) is 57.9 Å². The zero-order valence-corrected chi connectivity index (χ0v) is 26.8. The minimum atomic E-state index is -1.11. The molecule has 0 spiro atoms. The van der Waals surface area contributed by atoms with Gasteiger partial charge in [0, 0.05) is 5.56 Å². The summed E-state index contributed by atoms with van der Waals surface area (Å²) in [4.78, 5) is 45.7. The molecule has 3 aromatic carbocycles. The van der Waals surface area contributed by atoms with Crippen molar-refractivity contribution in [3.63, 3.8) is 0 Å². The monoisotopic (exact) mass is 642 g/mol. The number of carbonyl (C=O) groups is 3. The molecule has 0 bridgehead atoms. The van der Waals surface area contributed by atoms with Crippen LogP contribution in [0, 0.1) is 6.92 Å². The molecular weight excluding hydrogens is 608 g/mol. The number of amides is 1. The Morgan fingerprint density at radius 1 is 0.978 bits per heavy atom. The summed E-state index contributed by atoms with van der Waals surface area (Å²) >= 11 is 0.923. The van der Waals surface area contributed by atoms with E-state index in [0.717, 1.165) is 29.7 Å². The second kappa shape index (κ2) is 14.3. The van der Waals surface area contributed by atoms with Gasteiger partial charge in [-0.05, 0) is 48.7 Å². The van der Waals surface area contributed by atoms with E-state index in [4.69, 9.17) is 18.9 Å². The maximum atomic E-state index is 13.7. The molecule has 1 saturated heterocycles. The minimum absolute atomic E-state index is 0.101. The van der Waals surface area contributed by atoms with Crippen molar-refractivity contribution in [2.75, 3.05) is 25.7 Å². The lowest BCUT2D eigenvalue weighted by Crippen LogP contribution is -2.29. The van der Waals surface area contributed by atoms with E-state index in [0.29, 0.717) is 47.3 Å².